The van der Waals surface area contributed by atoms with Crippen LogP contribution in [0.3, 0.4) is 0 Å². The average molecular weight is 988 g/mol. The number of nitrogens with one attached hydrogen (secondary N) is 3. The van der Waals surface area contributed by atoms with Crippen LogP contribution in [0.5, 0.6) is 0 Å². The second kappa shape index (κ2) is 31.5. The van der Waals surface area contributed by atoms with E-state index in [1.54, 1.807) is 72.8 Å². The van der Waals surface area contributed by atoms with Gasteiger partial charge >= 0.3 is 23.9 Å². The van der Waals surface area contributed by atoms with Crippen LogP contribution < -0.4 is 16.0 Å². The lowest BCUT2D eigenvalue weighted by Crippen LogP contribution is -2.47. The van der Waals surface area contributed by atoms with Gasteiger partial charge in [-0.2, -0.15) is 0 Å². The van der Waals surface area contributed by atoms with Crippen molar-refractivity contribution in [3.63, 3.8) is 0 Å². The summed E-state index contributed by atoms with van der Waals surface area (Å²) in [4.78, 5) is 117. The molecule has 382 valence electrons. The van der Waals surface area contributed by atoms with Gasteiger partial charge in [0.15, 0.2) is 5.78 Å². The van der Waals surface area contributed by atoms with Crippen molar-refractivity contribution in [1.82, 2.24) is 16.0 Å². The Morgan fingerprint density at radius 1 is 0.486 bits per heavy atom. The molecule has 4 aromatic carbocycles. The molecule has 0 saturated heterocycles. The van der Waals surface area contributed by atoms with Crippen LogP contribution >= 0.6 is 0 Å². The molecule has 3 amide bonds. The second-order valence-corrected chi connectivity index (χ2v) is 17.3. The Kier molecular flexibility index (Phi) is 24.8. The number of carbonyl (C=O) groups excluding carboxylic acids is 9. The summed E-state index contributed by atoms with van der Waals surface area (Å²) in [5, 5.41) is 7.56. The molecule has 4 rings (SSSR count). The number of amides is 3. The van der Waals surface area contributed by atoms with Gasteiger partial charge in [0, 0.05) is 19.3 Å². The maximum Gasteiger partial charge on any atom is 0.331 e. The molecule has 0 saturated carbocycles. The highest BCUT2D eigenvalue weighted by atomic mass is 16.7. The van der Waals surface area contributed by atoms with E-state index in [9.17, 15) is 43.2 Å². The zero-order valence-electron chi connectivity index (χ0n) is 40.9. The van der Waals surface area contributed by atoms with Crippen LogP contribution in [-0.2, 0) is 87.8 Å². The predicted octanol–water partition coefficient (Wildman–Crippen LogP) is 5.87. The minimum atomic E-state index is -1.36. The molecular formula is C56H65N3O13. The molecule has 5 unspecified atom stereocenters. The number of Topliss-reactive ketones (excluding diaryl/α,β-unsaturated/α-hetero) is 2. The van der Waals surface area contributed by atoms with Gasteiger partial charge in [-0.1, -0.05) is 134 Å². The summed E-state index contributed by atoms with van der Waals surface area (Å²) < 4.78 is 21.6. The van der Waals surface area contributed by atoms with Gasteiger partial charge < -0.3 is 34.9 Å². The largest absolute Gasteiger partial charge is 0.465 e. The first-order valence-electron chi connectivity index (χ1n) is 24.1. The molecule has 0 radical (unpaired) electrons. The number of ketones is 2. The maximum atomic E-state index is 13.8. The monoisotopic (exact) mass is 987 g/mol. The van der Waals surface area contributed by atoms with Crippen LogP contribution in [0.4, 0.5) is 0 Å². The molecule has 0 fully saturated rings. The summed E-state index contributed by atoms with van der Waals surface area (Å²) in [6.45, 7) is 6.18. The number of ether oxygens (including phenoxy) is 4. The zero-order valence-corrected chi connectivity index (χ0v) is 40.9. The maximum absolute atomic E-state index is 13.8. The molecule has 0 aliphatic rings. The fourth-order valence-electron chi connectivity index (χ4n) is 7.58. The number of hydrogen-bond acceptors (Lipinski definition) is 13. The van der Waals surface area contributed by atoms with Crippen molar-refractivity contribution in [1.29, 1.82) is 0 Å². The number of benzene rings is 4. The van der Waals surface area contributed by atoms with Crippen LogP contribution in [0.15, 0.2) is 134 Å². The first-order valence-corrected chi connectivity index (χ1v) is 24.1. The lowest BCUT2D eigenvalue weighted by atomic mass is 9.91. The van der Waals surface area contributed by atoms with E-state index in [0.717, 1.165) is 11.1 Å². The minimum absolute atomic E-state index is 0.0173. The van der Waals surface area contributed by atoms with Crippen molar-refractivity contribution < 1.29 is 62.1 Å². The van der Waals surface area contributed by atoms with Gasteiger partial charge in [0.05, 0.1) is 37.5 Å². The highest BCUT2D eigenvalue weighted by molar-refractivity contribution is 6.01. The van der Waals surface area contributed by atoms with Crippen molar-refractivity contribution in [3.05, 3.63) is 156 Å². The van der Waals surface area contributed by atoms with Crippen molar-refractivity contribution in [2.24, 2.45) is 11.8 Å². The summed E-state index contributed by atoms with van der Waals surface area (Å²) in [5.41, 5.74) is 3.14. The summed E-state index contributed by atoms with van der Waals surface area (Å²) in [6, 6.07) is 32.4. The minimum Gasteiger partial charge on any atom is -0.465 e. The number of esters is 4. The van der Waals surface area contributed by atoms with Gasteiger partial charge in [0.25, 0.3) is 0 Å². The van der Waals surface area contributed by atoms with E-state index in [-0.39, 0.29) is 57.2 Å². The van der Waals surface area contributed by atoms with Gasteiger partial charge in [-0.25, -0.2) is 9.59 Å². The summed E-state index contributed by atoms with van der Waals surface area (Å²) in [6.07, 6.45) is 2.04. The number of rotatable bonds is 32. The molecule has 3 N–H and O–H groups in total. The van der Waals surface area contributed by atoms with E-state index in [0.29, 0.717) is 36.8 Å². The Morgan fingerprint density at radius 2 is 0.861 bits per heavy atom. The molecule has 0 spiro atoms. The van der Waals surface area contributed by atoms with Gasteiger partial charge in [0.1, 0.15) is 24.3 Å². The predicted molar refractivity (Wildman–Crippen MR) is 266 cm³/mol. The summed E-state index contributed by atoms with van der Waals surface area (Å²) in [7, 11) is 0. The Labute approximate surface area is 420 Å². The Hall–Kier alpha value is -7.75. The normalized spacial score (nSPS) is 12.8. The molecule has 5 atom stereocenters. The summed E-state index contributed by atoms with van der Waals surface area (Å²) >= 11 is 0. The lowest BCUT2D eigenvalue weighted by molar-refractivity contribution is -0.171. The first-order chi connectivity index (χ1) is 34.7. The van der Waals surface area contributed by atoms with Gasteiger partial charge in [-0.15, -0.1) is 6.58 Å². The Balaban J connectivity index is 1.32. The van der Waals surface area contributed by atoms with E-state index < -0.39 is 90.9 Å². The van der Waals surface area contributed by atoms with Crippen LogP contribution in [0, 0.1) is 11.8 Å². The lowest BCUT2D eigenvalue weighted by Gasteiger charge is -2.21. The van der Waals surface area contributed by atoms with Crippen LogP contribution in [0.1, 0.15) is 81.0 Å². The van der Waals surface area contributed by atoms with Gasteiger partial charge in [-0.05, 0) is 67.7 Å². The number of carbonyl (C=O) groups is 9. The molecule has 0 aromatic heterocycles. The highest BCUT2D eigenvalue weighted by Crippen LogP contribution is 2.19. The topological polar surface area (TPSA) is 227 Å². The molecular weight excluding hydrogens is 923 g/mol. The van der Waals surface area contributed by atoms with E-state index in [4.69, 9.17) is 18.9 Å². The summed E-state index contributed by atoms with van der Waals surface area (Å²) in [5.74, 6) is -7.37. The van der Waals surface area contributed by atoms with E-state index in [1.807, 2.05) is 55.5 Å². The zero-order chi connectivity index (χ0) is 52.1. The highest BCUT2D eigenvalue weighted by Gasteiger charge is 2.31. The van der Waals surface area contributed by atoms with Crippen molar-refractivity contribution in [2.75, 3.05) is 20.0 Å². The molecule has 72 heavy (non-hydrogen) atoms. The fraction of sp³-hybridized carbons (Fsp3) is 0.375. The van der Waals surface area contributed by atoms with Crippen LogP contribution in [0.25, 0.3) is 0 Å². The molecule has 0 aliphatic carbocycles. The molecule has 0 aliphatic heterocycles. The smallest absolute Gasteiger partial charge is 0.331 e. The van der Waals surface area contributed by atoms with Crippen LogP contribution in [-0.4, -0.2) is 91.3 Å². The van der Waals surface area contributed by atoms with Crippen molar-refractivity contribution in [3.8, 4) is 0 Å². The molecule has 0 bridgehead atoms. The Bertz CT molecular complexity index is 2400. The standard InChI is InChI=1S/C56H65N3O13/c1-4-20-46(49(61)36-45(33-41-23-12-7-13-24-41)54(66)70-30-19-18-29-69-53(65)44(5-2)32-40-21-10-6-11-22-40)57-51(63)37-52(64)59-48(35-43-27-16-9-17-28-43)56(68)72-38-71-55(67)47(58-50(62)31-39(3)60)34-42-25-14-8-15-26-42/h4,6-17,21-28,44-48H,1,5,18-20,29-38H2,2-3H3,(H,57,63)(H,58,62)(H,59,64). The molecule has 0 heterocycles. The first kappa shape index (κ1) is 56.8. The van der Waals surface area contributed by atoms with E-state index in [2.05, 4.69) is 22.5 Å². The van der Waals surface area contributed by atoms with Gasteiger partial charge in [0.2, 0.25) is 24.5 Å². The number of hydrogen-bond donors (Lipinski definition) is 3. The third-order valence-electron chi connectivity index (χ3n) is 11.3. The Morgan fingerprint density at radius 3 is 1.26 bits per heavy atom. The third kappa shape index (κ3) is 21.5. The molecule has 16 heteroatoms. The van der Waals surface area contributed by atoms with Crippen molar-refractivity contribution >= 4 is 53.2 Å². The van der Waals surface area contributed by atoms with E-state index in [1.165, 1.54) is 13.0 Å². The van der Waals surface area contributed by atoms with Crippen molar-refractivity contribution in [2.45, 2.75) is 103 Å². The number of unbranched alkanes of at least 4 members (excludes halogenated alkanes) is 1. The van der Waals surface area contributed by atoms with Crippen LogP contribution in [0.2, 0.25) is 0 Å². The van der Waals surface area contributed by atoms with E-state index >= 15 is 0 Å². The SMILES string of the molecule is C=CCC(NC(=O)CC(=O)NC(Cc1ccccc1)C(=O)OCOC(=O)C(Cc1ccccc1)NC(=O)CC(C)=O)C(=O)CC(Cc1ccccc1)C(=O)OCCCCOC(=O)C(CC)Cc1ccccc1. The third-order valence-corrected chi connectivity index (χ3v) is 11.3. The quantitative estimate of drug-likeness (QED) is 0.0130. The fourth-order valence-corrected chi connectivity index (χ4v) is 7.58. The van der Waals surface area contributed by atoms with Gasteiger partial charge in [-0.3, -0.25) is 33.6 Å². The molecule has 4 aromatic rings. The molecule has 16 nitrogen and oxygen atoms in total. The average Bonchev–Trinajstić information content (AvgIpc) is 3.36. The second-order valence-electron chi connectivity index (χ2n) is 17.3.